The van der Waals surface area contributed by atoms with E-state index in [0.717, 1.165) is 6.42 Å². The Labute approximate surface area is 135 Å². The van der Waals surface area contributed by atoms with Gasteiger partial charge in [0.05, 0.1) is 6.42 Å². The van der Waals surface area contributed by atoms with Crippen LogP contribution < -0.4 is 0 Å². The molecule has 0 unspecified atom stereocenters. The Kier molecular flexibility index (Phi) is 6.10. The van der Waals surface area contributed by atoms with Gasteiger partial charge in [-0.25, -0.2) is 4.39 Å². The summed E-state index contributed by atoms with van der Waals surface area (Å²) in [6.07, 6.45) is 1.47. The van der Waals surface area contributed by atoms with Crippen molar-refractivity contribution in [2.45, 2.75) is 32.2 Å². The molecule has 1 saturated heterocycles. The van der Waals surface area contributed by atoms with Crippen LogP contribution in [0.3, 0.4) is 0 Å². The molecule has 0 radical (unpaired) electrons. The largest absolute Gasteiger partial charge is 0.480 e. The average molecular weight is 322 g/mol. The predicted molar refractivity (Wildman–Crippen MR) is 84.6 cm³/mol. The first-order valence-corrected chi connectivity index (χ1v) is 8.00. The fraction of sp³-hybridized carbons (Fsp3) is 0.529. The molecule has 0 bridgehead atoms. The molecule has 23 heavy (non-hydrogen) atoms. The lowest BCUT2D eigenvalue weighted by Crippen LogP contribution is -2.43. The summed E-state index contributed by atoms with van der Waals surface area (Å²) in [4.78, 5) is 27.3. The summed E-state index contributed by atoms with van der Waals surface area (Å²) in [7, 11) is 0. The van der Waals surface area contributed by atoms with Crippen molar-refractivity contribution in [2.75, 3.05) is 26.2 Å². The lowest BCUT2D eigenvalue weighted by Gasteiger charge is -2.26. The standard InChI is InChI=1S/C17H23FN2O3/c1-2-15(17(22)23)19-7-4-8-20(10-9-19)16(21)12-13-5-3-6-14(18)11-13/h3,5-6,11,15H,2,4,7-10,12H2,1H3,(H,22,23)/t15-/m1/s1. The quantitative estimate of drug-likeness (QED) is 0.897. The van der Waals surface area contributed by atoms with Crippen molar-refractivity contribution >= 4 is 11.9 Å². The molecule has 1 heterocycles. The van der Waals surface area contributed by atoms with Crippen molar-refractivity contribution in [2.24, 2.45) is 0 Å². The fourth-order valence-corrected chi connectivity index (χ4v) is 3.02. The zero-order valence-electron chi connectivity index (χ0n) is 13.4. The van der Waals surface area contributed by atoms with Gasteiger partial charge in [-0.2, -0.15) is 0 Å². The van der Waals surface area contributed by atoms with Crippen molar-refractivity contribution in [3.05, 3.63) is 35.6 Å². The number of amides is 1. The first-order chi connectivity index (χ1) is 11.0. The Morgan fingerprint density at radius 2 is 2.04 bits per heavy atom. The van der Waals surface area contributed by atoms with Crippen molar-refractivity contribution in [1.29, 1.82) is 0 Å². The summed E-state index contributed by atoms with van der Waals surface area (Å²) in [6, 6.07) is 5.57. The van der Waals surface area contributed by atoms with Gasteiger partial charge in [0.1, 0.15) is 11.9 Å². The van der Waals surface area contributed by atoms with Gasteiger partial charge in [0.15, 0.2) is 0 Å². The number of carbonyl (C=O) groups excluding carboxylic acids is 1. The minimum Gasteiger partial charge on any atom is -0.480 e. The Morgan fingerprint density at radius 1 is 1.26 bits per heavy atom. The highest BCUT2D eigenvalue weighted by Crippen LogP contribution is 2.12. The van der Waals surface area contributed by atoms with E-state index in [9.17, 15) is 19.1 Å². The third-order valence-corrected chi connectivity index (χ3v) is 4.24. The molecular formula is C17H23FN2O3. The van der Waals surface area contributed by atoms with Crippen LogP contribution in [-0.4, -0.2) is 59.0 Å². The molecule has 0 saturated carbocycles. The molecule has 0 spiro atoms. The number of nitrogens with zero attached hydrogens (tertiary/aromatic N) is 2. The maximum absolute atomic E-state index is 13.2. The van der Waals surface area contributed by atoms with E-state index in [1.165, 1.54) is 12.1 Å². The highest BCUT2D eigenvalue weighted by atomic mass is 19.1. The van der Waals surface area contributed by atoms with Crippen LogP contribution in [0.25, 0.3) is 0 Å². The number of carboxylic acid groups (broad SMARTS) is 1. The Morgan fingerprint density at radius 3 is 2.70 bits per heavy atom. The highest BCUT2D eigenvalue weighted by Gasteiger charge is 2.27. The van der Waals surface area contributed by atoms with Crippen molar-refractivity contribution in [1.82, 2.24) is 9.80 Å². The van der Waals surface area contributed by atoms with Crippen LogP contribution in [0.2, 0.25) is 0 Å². The molecule has 1 N–H and O–H groups in total. The second-order valence-corrected chi connectivity index (χ2v) is 5.84. The molecule has 1 aromatic rings. The number of hydrogen-bond donors (Lipinski definition) is 1. The zero-order valence-corrected chi connectivity index (χ0v) is 13.4. The van der Waals surface area contributed by atoms with E-state index >= 15 is 0 Å². The van der Waals surface area contributed by atoms with Crippen molar-refractivity contribution in [3.8, 4) is 0 Å². The summed E-state index contributed by atoms with van der Waals surface area (Å²) < 4.78 is 13.2. The number of benzene rings is 1. The van der Waals surface area contributed by atoms with Crippen LogP contribution in [0.5, 0.6) is 0 Å². The summed E-state index contributed by atoms with van der Waals surface area (Å²) in [5.74, 6) is -1.20. The summed E-state index contributed by atoms with van der Waals surface area (Å²) in [5.41, 5.74) is 0.660. The van der Waals surface area contributed by atoms with Gasteiger partial charge >= 0.3 is 5.97 Å². The minimum atomic E-state index is -0.813. The van der Waals surface area contributed by atoms with E-state index in [1.807, 2.05) is 11.8 Å². The molecule has 2 rings (SSSR count). The van der Waals surface area contributed by atoms with Crippen LogP contribution in [0.1, 0.15) is 25.3 Å². The van der Waals surface area contributed by atoms with Crippen LogP contribution in [0.15, 0.2) is 24.3 Å². The summed E-state index contributed by atoms with van der Waals surface area (Å²) in [6.45, 7) is 4.21. The first kappa shape index (κ1) is 17.4. The average Bonchev–Trinajstić information content (AvgIpc) is 2.74. The van der Waals surface area contributed by atoms with E-state index < -0.39 is 12.0 Å². The molecule has 1 aliphatic rings. The van der Waals surface area contributed by atoms with E-state index in [4.69, 9.17) is 0 Å². The number of rotatable bonds is 5. The minimum absolute atomic E-state index is 0.0409. The highest BCUT2D eigenvalue weighted by molar-refractivity contribution is 5.79. The number of aliphatic carboxylic acids is 1. The van der Waals surface area contributed by atoms with Gasteiger partial charge in [-0.3, -0.25) is 14.5 Å². The number of hydrogen-bond acceptors (Lipinski definition) is 3. The summed E-state index contributed by atoms with van der Waals surface area (Å²) >= 11 is 0. The second kappa shape index (κ2) is 8.06. The van der Waals surface area contributed by atoms with Gasteiger partial charge in [0.2, 0.25) is 5.91 Å². The Hall–Kier alpha value is -1.95. The maximum Gasteiger partial charge on any atom is 0.320 e. The molecule has 1 aromatic carbocycles. The number of carbonyl (C=O) groups is 2. The van der Waals surface area contributed by atoms with E-state index in [2.05, 4.69) is 0 Å². The Bertz CT molecular complexity index is 565. The van der Waals surface area contributed by atoms with Crippen molar-refractivity contribution in [3.63, 3.8) is 0 Å². The molecule has 126 valence electrons. The molecule has 0 aliphatic carbocycles. The van der Waals surface area contributed by atoms with Crippen LogP contribution in [-0.2, 0) is 16.0 Å². The molecule has 1 amide bonds. The van der Waals surface area contributed by atoms with Crippen molar-refractivity contribution < 1.29 is 19.1 Å². The van der Waals surface area contributed by atoms with Crippen LogP contribution in [0.4, 0.5) is 4.39 Å². The van der Waals surface area contributed by atoms with Gasteiger partial charge in [-0.15, -0.1) is 0 Å². The van der Waals surface area contributed by atoms with Gasteiger partial charge < -0.3 is 10.0 Å². The third kappa shape index (κ3) is 4.76. The predicted octanol–water partition coefficient (Wildman–Crippen LogP) is 1.77. The lowest BCUT2D eigenvalue weighted by atomic mass is 10.1. The maximum atomic E-state index is 13.2. The summed E-state index contributed by atoms with van der Waals surface area (Å²) in [5, 5.41) is 9.26. The lowest BCUT2D eigenvalue weighted by molar-refractivity contribution is -0.143. The smallest absolute Gasteiger partial charge is 0.320 e. The van der Waals surface area contributed by atoms with Crippen LogP contribution >= 0.6 is 0 Å². The molecule has 1 atom stereocenters. The molecule has 1 fully saturated rings. The molecular weight excluding hydrogens is 299 g/mol. The first-order valence-electron chi connectivity index (χ1n) is 8.00. The van der Waals surface area contributed by atoms with Gasteiger partial charge in [-0.05, 0) is 30.5 Å². The Balaban J connectivity index is 1.94. The van der Waals surface area contributed by atoms with E-state index in [-0.39, 0.29) is 18.1 Å². The topological polar surface area (TPSA) is 60.9 Å². The SMILES string of the molecule is CC[C@H](C(=O)O)N1CCCN(C(=O)Cc2cccc(F)c2)CC1. The zero-order chi connectivity index (χ0) is 16.8. The van der Waals surface area contributed by atoms with E-state index in [1.54, 1.807) is 17.0 Å². The molecule has 5 nitrogen and oxygen atoms in total. The van der Waals surface area contributed by atoms with Gasteiger partial charge in [0, 0.05) is 26.2 Å². The molecule has 1 aliphatic heterocycles. The normalized spacial score (nSPS) is 17.6. The molecule has 0 aromatic heterocycles. The number of carboxylic acids is 1. The monoisotopic (exact) mass is 322 g/mol. The van der Waals surface area contributed by atoms with Crippen LogP contribution in [0, 0.1) is 5.82 Å². The second-order valence-electron chi connectivity index (χ2n) is 5.84. The van der Waals surface area contributed by atoms with Gasteiger partial charge in [0.25, 0.3) is 0 Å². The van der Waals surface area contributed by atoms with E-state index in [0.29, 0.717) is 38.2 Å². The molecule has 6 heteroatoms. The number of halogens is 1. The third-order valence-electron chi connectivity index (χ3n) is 4.24. The van der Waals surface area contributed by atoms with Gasteiger partial charge in [-0.1, -0.05) is 19.1 Å². The fourth-order valence-electron chi connectivity index (χ4n) is 3.02.